The van der Waals surface area contributed by atoms with E-state index < -0.39 is 18.2 Å². The molecule has 1 atom stereocenters. The fourth-order valence-corrected chi connectivity index (χ4v) is 3.73. The summed E-state index contributed by atoms with van der Waals surface area (Å²) in [6, 6.07) is 8.41. The molecule has 29 heavy (non-hydrogen) atoms. The molecule has 2 aromatic rings. The maximum atomic E-state index is 14.1. The van der Waals surface area contributed by atoms with E-state index in [1.165, 1.54) is 18.2 Å². The fourth-order valence-electron chi connectivity index (χ4n) is 3.20. The number of hydrogen-bond donors (Lipinski definition) is 1. The summed E-state index contributed by atoms with van der Waals surface area (Å²) in [5.41, 5.74) is -1.30. The zero-order valence-corrected chi connectivity index (χ0v) is 17.0. The van der Waals surface area contributed by atoms with Crippen LogP contribution in [0.25, 0.3) is 0 Å². The molecule has 1 heterocycles. The van der Waals surface area contributed by atoms with Gasteiger partial charge in [-0.25, -0.2) is 0 Å². The Kier molecular flexibility index (Phi) is 5.83. The van der Waals surface area contributed by atoms with Crippen LogP contribution in [0.15, 0.2) is 41.6 Å². The molecule has 1 aliphatic heterocycles. The lowest BCUT2D eigenvalue weighted by Crippen LogP contribution is -2.42. The minimum atomic E-state index is -4.76. The molecule has 3 rings (SSSR count). The van der Waals surface area contributed by atoms with Crippen molar-refractivity contribution in [2.75, 3.05) is 6.54 Å². The maximum Gasteiger partial charge on any atom is 0.435 e. The van der Waals surface area contributed by atoms with Crippen LogP contribution < -0.4 is 5.32 Å². The van der Waals surface area contributed by atoms with Gasteiger partial charge in [0.05, 0.1) is 5.71 Å². The summed E-state index contributed by atoms with van der Waals surface area (Å²) in [4.78, 5) is 17.0. The predicted molar refractivity (Wildman–Crippen MR) is 106 cm³/mol. The van der Waals surface area contributed by atoms with E-state index in [2.05, 4.69) is 10.5 Å². The van der Waals surface area contributed by atoms with Crippen LogP contribution >= 0.6 is 23.2 Å². The normalized spacial score (nSPS) is 18.9. The number of halogens is 5. The van der Waals surface area contributed by atoms with Crippen molar-refractivity contribution in [3.05, 3.63) is 68.7 Å². The number of amides is 1. The van der Waals surface area contributed by atoms with E-state index in [0.717, 1.165) is 0 Å². The van der Waals surface area contributed by atoms with Gasteiger partial charge in [0.25, 0.3) is 11.5 Å². The molecule has 0 bridgehead atoms. The third-order valence-electron chi connectivity index (χ3n) is 4.66. The van der Waals surface area contributed by atoms with Crippen LogP contribution in [-0.2, 0) is 10.4 Å². The van der Waals surface area contributed by atoms with Crippen molar-refractivity contribution >= 4 is 34.8 Å². The molecule has 1 aliphatic rings. The first kappa shape index (κ1) is 21.5. The summed E-state index contributed by atoms with van der Waals surface area (Å²) < 4.78 is 42.2. The lowest BCUT2D eigenvalue weighted by molar-refractivity contribution is -0.275. The summed E-state index contributed by atoms with van der Waals surface area (Å²) in [6.45, 7) is 3.97. The second-order valence-electron chi connectivity index (χ2n) is 6.68. The van der Waals surface area contributed by atoms with Crippen molar-refractivity contribution in [2.24, 2.45) is 5.16 Å². The molecule has 4 nitrogen and oxygen atoms in total. The summed E-state index contributed by atoms with van der Waals surface area (Å²) in [5.74, 6) is -0.251. The van der Waals surface area contributed by atoms with Crippen LogP contribution in [0.3, 0.4) is 0 Å². The molecule has 1 amide bonds. The predicted octanol–water partition coefficient (Wildman–Crippen LogP) is 5.63. The lowest BCUT2D eigenvalue weighted by Gasteiger charge is -2.29. The third kappa shape index (κ3) is 4.07. The quantitative estimate of drug-likeness (QED) is 0.663. The summed E-state index contributed by atoms with van der Waals surface area (Å²) in [7, 11) is 0. The number of nitrogens with zero attached hydrogens (tertiary/aromatic N) is 1. The highest BCUT2D eigenvalue weighted by atomic mass is 35.5. The molecule has 0 aromatic heterocycles. The van der Waals surface area contributed by atoms with Crippen LogP contribution in [0.2, 0.25) is 10.0 Å². The van der Waals surface area contributed by atoms with E-state index in [1.54, 1.807) is 32.0 Å². The Bertz CT molecular complexity index is 972. The van der Waals surface area contributed by atoms with Crippen LogP contribution in [0.1, 0.15) is 40.4 Å². The topological polar surface area (TPSA) is 50.7 Å². The van der Waals surface area contributed by atoms with Crippen LogP contribution in [0, 0.1) is 6.92 Å². The van der Waals surface area contributed by atoms with Gasteiger partial charge in [0.15, 0.2) is 0 Å². The molecular weight excluding hydrogens is 428 g/mol. The van der Waals surface area contributed by atoms with Gasteiger partial charge in [0, 0.05) is 34.1 Å². The minimum Gasteiger partial charge on any atom is -0.374 e. The first-order valence-corrected chi connectivity index (χ1v) is 9.50. The molecule has 0 spiro atoms. The minimum absolute atomic E-state index is 0.0651. The molecule has 2 aromatic carbocycles. The number of aryl methyl sites for hydroxylation is 1. The monoisotopic (exact) mass is 444 g/mol. The van der Waals surface area contributed by atoms with Gasteiger partial charge in [-0.3, -0.25) is 4.79 Å². The van der Waals surface area contributed by atoms with Crippen molar-refractivity contribution in [3.63, 3.8) is 0 Å². The van der Waals surface area contributed by atoms with E-state index in [4.69, 9.17) is 28.0 Å². The average Bonchev–Trinajstić information content (AvgIpc) is 3.07. The van der Waals surface area contributed by atoms with Crippen molar-refractivity contribution in [2.45, 2.75) is 32.0 Å². The van der Waals surface area contributed by atoms with Gasteiger partial charge in [0.2, 0.25) is 0 Å². The van der Waals surface area contributed by atoms with Gasteiger partial charge in [-0.1, -0.05) is 34.4 Å². The van der Waals surface area contributed by atoms with Gasteiger partial charge in [-0.15, -0.1) is 0 Å². The average molecular weight is 445 g/mol. The Hall–Kier alpha value is -2.25. The van der Waals surface area contributed by atoms with Gasteiger partial charge in [-0.2, -0.15) is 13.2 Å². The summed E-state index contributed by atoms with van der Waals surface area (Å²) in [5, 5.41) is 6.54. The van der Waals surface area contributed by atoms with Gasteiger partial charge in [0.1, 0.15) is 0 Å². The van der Waals surface area contributed by atoms with Crippen LogP contribution in [0.5, 0.6) is 0 Å². The molecular formula is C20H17Cl2F3N2O2. The Morgan fingerprint density at radius 2 is 1.86 bits per heavy atom. The number of carbonyl (C=O) groups excluding carboxylic acids is 1. The third-order valence-corrected chi connectivity index (χ3v) is 5.09. The van der Waals surface area contributed by atoms with E-state index in [0.29, 0.717) is 23.2 Å². The second kappa shape index (κ2) is 7.88. The molecule has 0 fully saturated rings. The summed E-state index contributed by atoms with van der Waals surface area (Å²) in [6.07, 6.45) is -5.31. The Morgan fingerprint density at radius 1 is 1.21 bits per heavy atom. The van der Waals surface area contributed by atoms with Crippen molar-refractivity contribution in [3.8, 4) is 0 Å². The second-order valence-corrected chi connectivity index (χ2v) is 7.55. The highest BCUT2D eigenvalue weighted by Gasteiger charge is 2.62. The molecule has 0 saturated carbocycles. The molecule has 1 unspecified atom stereocenters. The van der Waals surface area contributed by atoms with Gasteiger partial charge < -0.3 is 10.2 Å². The number of benzene rings is 2. The van der Waals surface area contributed by atoms with Crippen molar-refractivity contribution in [1.82, 2.24) is 5.32 Å². The van der Waals surface area contributed by atoms with E-state index in [-0.39, 0.29) is 27.2 Å². The lowest BCUT2D eigenvalue weighted by atomic mass is 9.86. The SMILES string of the molecule is CCNC(=O)c1ccc(C2=NOC(c3cc(Cl)cc(Cl)c3)(C(F)(F)F)C2)cc1C. The van der Waals surface area contributed by atoms with Crippen LogP contribution in [-0.4, -0.2) is 24.3 Å². The van der Waals surface area contributed by atoms with E-state index in [9.17, 15) is 18.0 Å². The van der Waals surface area contributed by atoms with Crippen molar-refractivity contribution < 1.29 is 22.8 Å². The maximum absolute atomic E-state index is 14.1. The molecule has 0 radical (unpaired) electrons. The number of alkyl halides is 3. The molecule has 1 N–H and O–H groups in total. The first-order chi connectivity index (χ1) is 13.6. The highest BCUT2D eigenvalue weighted by molar-refractivity contribution is 6.34. The Balaban J connectivity index is 1.97. The number of oxime groups is 1. The van der Waals surface area contributed by atoms with Crippen molar-refractivity contribution in [1.29, 1.82) is 0 Å². The van der Waals surface area contributed by atoms with Gasteiger partial charge >= 0.3 is 6.18 Å². The Morgan fingerprint density at radius 3 is 2.41 bits per heavy atom. The first-order valence-electron chi connectivity index (χ1n) is 8.75. The summed E-state index contributed by atoms with van der Waals surface area (Å²) >= 11 is 11.8. The number of rotatable bonds is 4. The largest absolute Gasteiger partial charge is 0.435 e. The smallest absolute Gasteiger partial charge is 0.374 e. The fraction of sp³-hybridized carbons (Fsp3) is 0.300. The number of hydrogen-bond acceptors (Lipinski definition) is 3. The molecule has 9 heteroatoms. The zero-order chi connectivity index (χ0) is 21.4. The molecule has 0 saturated heterocycles. The van der Waals surface area contributed by atoms with E-state index in [1.807, 2.05) is 0 Å². The van der Waals surface area contributed by atoms with Gasteiger partial charge in [-0.05, 0) is 55.3 Å². The molecule has 154 valence electrons. The molecule has 0 aliphatic carbocycles. The number of carbonyl (C=O) groups is 1. The van der Waals surface area contributed by atoms with E-state index >= 15 is 0 Å². The highest BCUT2D eigenvalue weighted by Crippen LogP contribution is 2.49. The number of nitrogens with one attached hydrogen (secondary N) is 1. The standard InChI is InChI=1S/C20H17Cl2F3N2O2/c1-3-26-18(28)16-5-4-12(6-11(16)2)17-10-19(29-27-17,20(23,24)25)13-7-14(21)9-15(22)8-13/h4-9H,3,10H2,1-2H3,(H,26,28). The zero-order valence-electron chi connectivity index (χ0n) is 15.5. The Labute approximate surface area is 175 Å². The van der Waals surface area contributed by atoms with Crippen LogP contribution in [0.4, 0.5) is 13.2 Å².